The lowest BCUT2D eigenvalue weighted by molar-refractivity contribution is -0.602. The van der Waals surface area contributed by atoms with Crippen LogP contribution in [0.5, 0.6) is 0 Å². The molecular weight excluding hydrogens is 176 g/mol. The zero-order valence-electron chi connectivity index (χ0n) is 8.15. The summed E-state index contributed by atoms with van der Waals surface area (Å²) < 4.78 is 1.19. The minimum Gasteiger partial charge on any atom is -0.399 e. The van der Waals surface area contributed by atoms with Crippen LogP contribution in [0, 0.1) is 4.91 Å². The fourth-order valence-corrected chi connectivity index (χ4v) is 1.96. The first kappa shape index (κ1) is 9.19. The molecule has 3 heteroatoms. The van der Waals surface area contributed by atoms with Gasteiger partial charge in [-0.2, -0.15) is 0 Å². The Hall–Kier alpha value is -1.38. The number of hydrogen-bond donors (Lipinski definition) is 1. The third kappa shape index (κ3) is 1.76. The standard InChI is InChI=1S/C11H15N2O/c12-10-6-4-9(5-7-10)11-3-1-2-8-13(11)14/h4-7,11H,1-3,8,12H2/q+1. The van der Waals surface area contributed by atoms with Crippen LogP contribution < -0.4 is 5.73 Å². The molecule has 3 nitrogen and oxygen atoms in total. The lowest BCUT2D eigenvalue weighted by Crippen LogP contribution is -2.22. The van der Waals surface area contributed by atoms with Crippen molar-refractivity contribution in [1.82, 2.24) is 0 Å². The number of nitrogen functional groups attached to an aromatic ring is 1. The Balaban J connectivity index is 2.20. The second-order valence-electron chi connectivity index (χ2n) is 3.82. The fourth-order valence-electron chi connectivity index (χ4n) is 1.96. The summed E-state index contributed by atoms with van der Waals surface area (Å²) >= 11 is 0. The molecule has 1 heterocycles. The van der Waals surface area contributed by atoms with E-state index in [0.717, 1.165) is 30.5 Å². The molecule has 1 aromatic rings. The molecular formula is C11H15N2O+. The molecule has 14 heavy (non-hydrogen) atoms. The van der Waals surface area contributed by atoms with Crippen molar-refractivity contribution in [2.24, 2.45) is 0 Å². The molecule has 0 spiro atoms. The molecule has 1 atom stereocenters. The minimum absolute atomic E-state index is 0.0457. The average molecular weight is 191 g/mol. The molecule has 0 radical (unpaired) electrons. The van der Waals surface area contributed by atoms with Gasteiger partial charge >= 0.3 is 0 Å². The van der Waals surface area contributed by atoms with Gasteiger partial charge in [0, 0.05) is 33.8 Å². The smallest absolute Gasteiger partial charge is 0.226 e. The molecule has 1 saturated heterocycles. The van der Waals surface area contributed by atoms with Crippen LogP contribution >= 0.6 is 0 Å². The van der Waals surface area contributed by atoms with Crippen molar-refractivity contribution >= 4 is 5.69 Å². The lowest BCUT2D eigenvalue weighted by atomic mass is 9.97. The van der Waals surface area contributed by atoms with Crippen molar-refractivity contribution in [3.8, 4) is 0 Å². The monoisotopic (exact) mass is 191 g/mol. The van der Waals surface area contributed by atoms with Crippen molar-refractivity contribution < 1.29 is 4.76 Å². The number of rotatable bonds is 1. The van der Waals surface area contributed by atoms with Gasteiger partial charge in [0.2, 0.25) is 6.04 Å². The summed E-state index contributed by atoms with van der Waals surface area (Å²) in [7, 11) is 0. The first-order valence-corrected chi connectivity index (χ1v) is 5.06. The Bertz CT molecular complexity index is 332. The molecule has 0 aliphatic carbocycles. The van der Waals surface area contributed by atoms with E-state index in [-0.39, 0.29) is 6.04 Å². The van der Waals surface area contributed by atoms with Crippen LogP contribution in [-0.2, 0) is 0 Å². The molecule has 74 valence electrons. The highest BCUT2D eigenvalue weighted by atomic mass is 16.3. The van der Waals surface area contributed by atoms with Crippen LogP contribution in [-0.4, -0.2) is 11.3 Å². The van der Waals surface area contributed by atoms with Crippen LogP contribution in [0.2, 0.25) is 0 Å². The zero-order chi connectivity index (χ0) is 9.97. The topological polar surface area (TPSA) is 46.1 Å². The van der Waals surface area contributed by atoms with Gasteiger partial charge < -0.3 is 5.73 Å². The van der Waals surface area contributed by atoms with Crippen LogP contribution in [0.15, 0.2) is 24.3 Å². The fraction of sp³-hybridized carbons (Fsp3) is 0.455. The molecule has 2 N–H and O–H groups in total. The van der Waals surface area contributed by atoms with E-state index in [9.17, 15) is 4.91 Å². The first-order valence-electron chi connectivity index (χ1n) is 5.06. The SMILES string of the molecule is Nc1ccc(C2CCCC[N+]2=O)cc1. The zero-order valence-corrected chi connectivity index (χ0v) is 8.15. The molecule has 0 aromatic heterocycles. The predicted octanol–water partition coefficient (Wildman–Crippen LogP) is 2.27. The van der Waals surface area contributed by atoms with E-state index >= 15 is 0 Å². The molecule has 1 unspecified atom stereocenters. The van der Waals surface area contributed by atoms with Gasteiger partial charge in [0.1, 0.15) is 0 Å². The molecule has 1 aliphatic heterocycles. The number of benzene rings is 1. The molecule has 1 aliphatic rings. The van der Waals surface area contributed by atoms with Crippen molar-refractivity contribution in [3.05, 3.63) is 34.7 Å². The second-order valence-corrected chi connectivity index (χ2v) is 3.82. The van der Waals surface area contributed by atoms with Gasteiger partial charge in [-0.15, -0.1) is 0 Å². The number of nitrogens with two attached hydrogens (primary N) is 1. The van der Waals surface area contributed by atoms with Crippen molar-refractivity contribution in [2.75, 3.05) is 12.3 Å². The van der Waals surface area contributed by atoms with Crippen LogP contribution in [0.3, 0.4) is 0 Å². The molecule has 0 saturated carbocycles. The van der Waals surface area contributed by atoms with Crippen LogP contribution in [0.25, 0.3) is 0 Å². The highest BCUT2D eigenvalue weighted by Gasteiger charge is 2.29. The summed E-state index contributed by atoms with van der Waals surface area (Å²) in [5.74, 6) is 0. The summed E-state index contributed by atoms with van der Waals surface area (Å²) in [4.78, 5) is 11.6. The maximum absolute atomic E-state index is 11.6. The lowest BCUT2D eigenvalue weighted by Gasteiger charge is -2.14. The summed E-state index contributed by atoms with van der Waals surface area (Å²) in [5.41, 5.74) is 7.44. The van der Waals surface area contributed by atoms with Crippen molar-refractivity contribution in [2.45, 2.75) is 25.3 Å². The highest BCUT2D eigenvalue weighted by Crippen LogP contribution is 2.27. The third-order valence-corrected chi connectivity index (χ3v) is 2.77. The minimum atomic E-state index is 0.0457. The van der Waals surface area contributed by atoms with Crippen molar-refractivity contribution in [1.29, 1.82) is 0 Å². The van der Waals surface area contributed by atoms with E-state index in [1.165, 1.54) is 4.76 Å². The van der Waals surface area contributed by atoms with E-state index < -0.39 is 0 Å². The van der Waals surface area contributed by atoms with Crippen molar-refractivity contribution in [3.63, 3.8) is 0 Å². The molecule has 2 rings (SSSR count). The Labute approximate surface area is 83.5 Å². The quantitative estimate of drug-likeness (QED) is 0.546. The molecule has 0 bridgehead atoms. The molecule has 1 fully saturated rings. The van der Waals surface area contributed by atoms with Gasteiger partial charge in [0.25, 0.3) is 0 Å². The first-order chi connectivity index (χ1) is 6.77. The van der Waals surface area contributed by atoms with Gasteiger partial charge in [0.05, 0.1) is 0 Å². The normalized spacial score (nSPS) is 22.3. The number of anilines is 1. The average Bonchev–Trinajstić information content (AvgIpc) is 2.20. The number of hydrogen-bond acceptors (Lipinski definition) is 2. The largest absolute Gasteiger partial charge is 0.399 e. The van der Waals surface area contributed by atoms with E-state index in [1.54, 1.807) is 0 Å². The van der Waals surface area contributed by atoms with E-state index in [4.69, 9.17) is 5.73 Å². The number of piperidine rings is 1. The van der Waals surface area contributed by atoms with Gasteiger partial charge in [-0.05, 0) is 18.6 Å². The Morgan fingerprint density at radius 1 is 1.21 bits per heavy atom. The summed E-state index contributed by atoms with van der Waals surface area (Å²) in [6.07, 6.45) is 3.14. The Morgan fingerprint density at radius 3 is 2.57 bits per heavy atom. The van der Waals surface area contributed by atoms with Gasteiger partial charge in [0.15, 0.2) is 6.54 Å². The van der Waals surface area contributed by atoms with Gasteiger partial charge in [-0.3, -0.25) is 0 Å². The summed E-state index contributed by atoms with van der Waals surface area (Å²) in [6, 6.07) is 7.67. The maximum Gasteiger partial charge on any atom is 0.226 e. The Kier molecular flexibility index (Phi) is 2.48. The second kappa shape index (κ2) is 3.78. The maximum atomic E-state index is 11.6. The van der Waals surface area contributed by atoms with E-state index in [2.05, 4.69) is 0 Å². The molecule has 0 amide bonds. The van der Waals surface area contributed by atoms with E-state index in [0.29, 0.717) is 6.54 Å². The molecule has 1 aromatic carbocycles. The van der Waals surface area contributed by atoms with Gasteiger partial charge in [-0.1, -0.05) is 12.1 Å². The van der Waals surface area contributed by atoms with Gasteiger partial charge in [-0.25, -0.2) is 0 Å². The Morgan fingerprint density at radius 2 is 1.93 bits per heavy atom. The van der Waals surface area contributed by atoms with E-state index in [1.807, 2.05) is 24.3 Å². The highest BCUT2D eigenvalue weighted by molar-refractivity contribution is 5.39. The number of nitroso groups, excluding NO2 is 1. The third-order valence-electron chi connectivity index (χ3n) is 2.77. The predicted molar refractivity (Wildman–Crippen MR) is 55.9 cm³/mol. The summed E-state index contributed by atoms with van der Waals surface area (Å²) in [6.45, 7) is 0.662. The summed E-state index contributed by atoms with van der Waals surface area (Å²) in [5, 5.41) is 0. The number of nitrogens with zero attached hydrogens (tertiary/aromatic N) is 1. The van der Waals surface area contributed by atoms with Crippen LogP contribution in [0.4, 0.5) is 5.69 Å². The van der Waals surface area contributed by atoms with Crippen LogP contribution in [0.1, 0.15) is 30.9 Å².